The average Bonchev–Trinajstić information content (AvgIpc) is 3.45. The summed E-state index contributed by atoms with van der Waals surface area (Å²) in [5.74, 6) is 1.08. The number of furan rings is 1. The number of halogens is 3. The Morgan fingerprint density at radius 2 is 1.84 bits per heavy atom. The van der Waals surface area contributed by atoms with Gasteiger partial charge in [0.15, 0.2) is 0 Å². The molecule has 1 aliphatic rings. The van der Waals surface area contributed by atoms with Crippen molar-refractivity contribution in [3.63, 3.8) is 0 Å². The number of carbonyl (C=O) groups excluding carboxylic acids is 1. The molecule has 1 fully saturated rings. The number of alkyl halides is 3. The fraction of sp³-hybridized carbons (Fsp3) is 0.348. The maximum absolute atomic E-state index is 12.9. The van der Waals surface area contributed by atoms with E-state index in [0.717, 1.165) is 49.2 Å². The smallest absolute Gasteiger partial charge is 0.416 e. The molecule has 31 heavy (non-hydrogen) atoms. The van der Waals surface area contributed by atoms with Gasteiger partial charge in [0.1, 0.15) is 11.6 Å². The highest BCUT2D eigenvalue weighted by atomic mass is 19.4. The van der Waals surface area contributed by atoms with E-state index in [-0.39, 0.29) is 5.91 Å². The molecule has 1 aliphatic heterocycles. The minimum atomic E-state index is -4.37. The zero-order chi connectivity index (χ0) is 22.0. The van der Waals surface area contributed by atoms with Gasteiger partial charge in [0.25, 0.3) is 0 Å². The fourth-order valence-electron chi connectivity index (χ4n) is 4.00. The molecule has 0 aliphatic carbocycles. The van der Waals surface area contributed by atoms with Gasteiger partial charge in [-0.3, -0.25) is 9.69 Å². The van der Waals surface area contributed by atoms with Gasteiger partial charge in [-0.15, -0.1) is 0 Å². The van der Waals surface area contributed by atoms with Crippen LogP contribution in [0.5, 0.6) is 0 Å². The number of nitrogens with one attached hydrogen (secondary N) is 1. The van der Waals surface area contributed by atoms with Gasteiger partial charge in [0.2, 0.25) is 5.91 Å². The minimum absolute atomic E-state index is 0.124. The van der Waals surface area contributed by atoms with Gasteiger partial charge < -0.3 is 14.3 Å². The predicted octanol–water partition coefficient (Wildman–Crippen LogP) is 5.16. The second-order valence-electron chi connectivity index (χ2n) is 7.87. The highest BCUT2D eigenvalue weighted by Crippen LogP contribution is 2.35. The summed E-state index contributed by atoms with van der Waals surface area (Å²) in [4.78, 5) is 14.8. The zero-order valence-corrected chi connectivity index (χ0v) is 17.2. The molecule has 0 atom stereocenters. The monoisotopic (exact) mass is 431 g/mol. The Labute approximate surface area is 178 Å². The average molecular weight is 431 g/mol. The van der Waals surface area contributed by atoms with Crippen LogP contribution in [0, 0.1) is 6.92 Å². The third kappa shape index (κ3) is 4.85. The van der Waals surface area contributed by atoms with E-state index in [0.29, 0.717) is 30.2 Å². The Morgan fingerprint density at radius 3 is 2.45 bits per heavy atom. The molecule has 1 saturated heterocycles. The van der Waals surface area contributed by atoms with Gasteiger partial charge in [-0.05, 0) is 68.2 Å². The number of amides is 1. The summed E-state index contributed by atoms with van der Waals surface area (Å²) in [6, 6.07) is 8.66. The first-order valence-electron chi connectivity index (χ1n) is 10.2. The zero-order valence-electron chi connectivity index (χ0n) is 17.2. The summed E-state index contributed by atoms with van der Waals surface area (Å²) in [6.45, 7) is 4.35. The minimum Gasteiger partial charge on any atom is -0.464 e. The molecule has 8 heteroatoms. The van der Waals surface area contributed by atoms with Crippen molar-refractivity contribution in [2.24, 2.45) is 0 Å². The van der Waals surface area contributed by atoms with E-state index < -0.39 is 11.7 Å². The number of anilines is 1. The van der Waals surface area contributed by atoms with Crippen molar-refractivity contribution < 1.29 is 22.4 Å². The summed E-state index contributed by atoms with van der Waals surface area (Å²) in [5.41, 5.74) is 1.68. The van der Waals surface area contributed by atoms with Crippen LogP contribution in [0.1, 0.15) is 29.5 Å². The second-order valence-corrected chi connectivity index (χ2v) is 7.87. The molecule has 4 rings (SSSR count). The first-order chi connectivity index (χ1) is 14.8. The lowest BCUT2D eigenvalue weighted by atomic mass is 10.1. The number of rotatable bonds is 6. The lowest BCUT2D eigenvalue weighted by molar-refractivity contribution is -0.137. The van der Waals surface area contributed by atoms with Crippen molar-refractivity contribution in [1.82, 2.24) is 9.47 Å². The van der Waals surface area contributed by atoms with Crippen molar-refractivity contribution in [1.29, 1.82) is 0 Å². The van der Waals surface area contributed by atoms with Gasteiger partial charge in [-0.25, -0.2) is 0 Å². The molecule has 0 spiro atoms. The van der Waals surface area contributed by atoms with Gasteiger partial charge in [0, 0.05) is 12.7 Å². The first kappa shape index (κ1) is 21.2. The van der Waals surface area contributed by atoms with Crippen LogP contribution in [0.4, 0.5) is 19.0 Å². The van der Waals surface area contributed by atoms with E-state index in [1.54, 1.807) is 12.3 Å². The van der Waals surface area contributed by atoms with E-state index in [1.165, 1.54) is 12.1 Å². The molecule has 1 aromatic carbocycles. The summed E-state index contributed by atoms with van der Waals surface area (Å²) in [6.07, 6.45) is 1.26. The molecule has 2 aromatic heterocycles. The second kappa shape index (κ2) is 8.63. The molecule has 3 heterocycles. The highest BCUT2D eigenvalue weighted by molar-refractivity contribution is 5.96. The largest absolute Gasteiger partial charge is 0.464 e. The molecular formula is C23H24F3N3O2. The summed E-state index contributed by atoms with van der Waals surface area (Å²) in [7, 11) is 0. The number of hydrogen-bond acceptors (Lipinski definition) is 3. The quantitative estimate of drug-likeness (QED) is 0.587. The number of aryl methyl sites for hydroxylation is 1. The van der Waals surface area contributed by atoms with Crippen molar-refractivity contribution in [2.45, 2.75) is 32.5 Å². The molecular weight excluding hydrogens is 407 g/mol. The van der Waals surface area contributed by atoms with E-state index in [9.17, 15) is 18.0 Å². The van der Waals surface area contributed by atoms with E-state index in [2.05, 4.69) is 10.2 Å². The Bertz CT molecular complexity index is 1030. The Morgan fingerprint density at radius 1 is 1.13 bits per heavy atom. The van der Waals surface area contributed by atoms with Crippen LogP contribution >= 0.6 is 0 Å². The molecule has 1 N–H and O–H groups in total. The van der Waals surface area contributed by atoms with Crippen molar-refractivity contribution in [3.05, 3.63) is 65.5 Å². The summed E-state index contributed by atoms with van der Waals surface area (Å²) >= 11 is 0. The van der Waals surface area contributed by atoms with Gasteiger partial charge in [-0.2, -0.15) is 13.2 Å². The predicted molar refractivity (Wildman–Crippen MR) is 112 cm³/mol. The number of benzene rings is 1. The van der Waals surface area contributed by atoms with E-state index in [1.807, 2.05) is 23.8 Å². The van der Waals surface area contributed by atoms with Crippen LogP contribution in [0.15, 0.2) is 53.3 Å². The van der Waals surface area contributed by atoms with Crippen molar-refractivity contribution >= 4 is 11.7 Å². The maximum atomic E-state index is 12.9. The van der Waals surface area contributed by atoms with Crippen LogP contribution in [0.3, 0.4) is 0 Å². The van der Waals surface area contributed by atoms with Crippen LogP contribution < -0.4 is 5.32 Å². The fourth-order valence-corrected chi connectivity index (χ4v) is 4.00. The van der Waals surface area contributed by atoms with Crippen LogP contribution in [0.2, 0.25) is 0 Å². The van der Waals surface area contributed by atoms with Crippen molar-refractivity contribution in [3.8, 4) is 11.3 Å². The molecule has 0 unspecified atom stereocenters. The molecule has 0 saturated carbocycles. The third-order valence-electron chi connectivity index (χ3n) is 5.49. The topological polar surface area (TPSA) is 50.4 Å². The molecule has 0 bridgehead atoms. The van der Waals surface area contributed by atoms with Crippen LogP contribution in [0.25, 0.3) is 11.3 Å². The van der Waals surface area contributed by atoms with E-state index in [4.69, 9.17) is 4.42 Å². The number of hydrogen-bond donors (Lipinski definition) is 1. The van der Waals surface area contributed by atoms with E-state index >= 15 is 0 Å². The van der Waals surface area contributed by atoms with Crippen LogP contribution in [-0.4, -0.2) is 35.0 Å². The van der Waals surface area contributed by atoms with Gasteiger partial charge in [-0.1, -0.05) is 12.1 Å². The van der Waals surface area contributed by atoms with Gasteiger partial charge >= 0.3 is 6.18 Å². The SMILES string of the molecule is Cc1cn(Cc2ccc(C(F)(F)F)cc2)c(NC(=O)CN2CCCC2)c1-c1ccco1. The van der Waals surface area contributed by atoms with Gasteiger partial charge in [0.05, 0.1) is 23.9 Å². The lowest BCUT2D eigenvalue weighted by Crippen LogP contribution is -2.31. The number of likely N-dealkylation sites (tertiary alicyclic amines) is 1. The molecule has 1 amide bonds. The summed E-state index contributed by atoms with van der Waals surface area (Å²) in [5, 5.41) is 3.01. The molecule has 164 valence electrons. The molecule has 3 aromatic rings. The normalized spacial score (nSPS) is 14.8. The summed E-state index contributed by atoms with van der Waals surface area (Å²) < 4.78 is 46.0. The van der Waals surface area contributed by atoms with Crippen LogP contribution in [-0.2, 0) is 17.5 Å². The Kier molecular flexibility index (Phi) is 5.91. The third-order valence-corrected chi connectivity index (χ3v) is 5.49. The Hall–Kier alpha value is -3.00. The molecule has 5 nitrogen and oxygen atoms in total. The number of nitrogens with zero attached hydrogens (tertiary/aromatic N) is 2. The Balaban J connectivity index is 1.62. The maximum Gasteiger partial charge on any atom is 0.416 e. The highest BCUT2D eigenvalue weighted by Gasteiger charge is 2.30. The molecule has 0 radical (unpaired) electrons. The van der Waals surface area contributed by atoms with Crippen molar-refractivity contribution in [2.75, 3.05) is 25.0 Å². The lowest BCUT2D eigenvalue weighted by Gasteiger charge is -2.17. The number of aromatic nitrogens is 1. The number of carbonyl (C=O) groups is 1. The first-order valence-corrected chi connectivity index (χ1v) is 10.2. The standard InChI is InChI=1S/C23H24F3N3O2/c1-16-13-29(14-17-6-8-18(9-7-17)23(24,25)26)22(21(16)19-5-4-12-31-19)27-20(30)15-28-10-2-3-11-28/h4-9,12-13H,2-3,10-11,14-15H2,1H3,(H,27,30).